The van der Waals surface area contributed by atoms with E-state index in [1.165, 1.54) is 18.9 Å². The zero-order chi connectivity index (χ0) is 8.65. The highest BCUT2D eigenvalue weighted by molar-refractivity contribution is 5.33. The van der Waals surface area contributed by atoms with Gasteiger partial charge in [-0.05, 0) is 25.8 Å². The minimum Gasteiger partial charge on any atom is -0.314 e. The minimum absolute atomic E-state index is 0.468. The lowest BCUT2D eigenvalue weighted by Crippen LogP contribution is -2.19. The number of hydrogen-bond donors (Lipinski definition) is 1. The van der Waals surface area contributed by atoms with E-state index in [2.05, 4.69) is 16.4 Å². The Kier molecular flexibility index (Phi) is 4.35. The Morgan fingerprint density at radius 2 is 2.50 bits per heavy atom. The van der Waals surface area contributed by atoms with Crippen LogP contribution < -0.4 is 5.32 Å². The number of carbonyl (C=O) groups excluding carboxylic acids is 1. The largest absolute Gasteiger partial charge is 0.314 e. The standard InChI is InChI=1S/C9H14N2O/c12-8-10-6-2-1-4-9-5-3-7-11-9/h1-2,9,11H,3-7H2/b2-1-. The van der Waals surface area contributed by atoms with Crippen LogP contribution in [-0.4, -0.2) is 25.2 Å². The van der Waals surface area contributed by atoms with E-state index in [4.69, 9.17) is 0 Å². The average molecular weight is 166 g/mol. The Morgan fingerprint density at radius 1 is 1.58 bits per heavy atom. The summed E-state index contributed by atoms with van der Waals surface area (Å²) >= 11 is 0. The second-order valence-corrected chi connectivity index (χ2v) is 2.93. The molecule has 0 aliphatic carbocycles. The van der Waals surface area contributed by atoms with E-state index in [1.54, 1.807) is 0 Å². The van der Waals surface area contributed by atoms with Gasteiger partial charge in [-0.2, -0.15) is 0 Å². The lowest BCUT2D eigenvalue weighted by molar-refractivity contribution is 0.564. The molecule has 0 aromatic heterocycles. The van der Waals surface area contributed by atoms with Gasteiger partial charge in [0, 0.05) is 6.04 Å². The molecule has 1 saturated heterocycles. The lowest BCUT2D eigenvalue weighted by Gasteiger charge is -2.04. The fourth-order valence-electron chi connectivity index (χ4n) is 1.38. The fraction of sp³-hybridized carbons (Fsp3) is 0.667. The van der Waals surface area contributed by atoms with E-state index < -0.39 is 0 Å². The highest BCUT2D eigenvalue weighted by Crippen LogP contribution is 2.08. The average Bonchev–Trinajstić information content (AvgIpc) is 2.57. The Balaban J connectivity index is 2.07. The summed E-state index contributed by atoms with van der Waals surface area (Å²) in [5.41, 5.74) is 0. The maximum Gasteiger partial charge on any atom is 0.235 e. The number of hydrogen-bond acceptors (Lipinski definition) is 3. The second kappa shape index (κ2) is 5.70. The number of nitrogens with one attached hydrogen (secondary N) is 1. The third-order valence-corrected chi connectivity index (χ3v) is 2.01. The van der Waals surface area contributed by atoms with Crippen LogP contribution in [0.5, 0.6) is 0 Å². The number of nitrogens with zero attached hydrogens (tertiary/aromatic N) is 1. The molecular weight excluding hydrogens is 152 g/mol. The van der Waals surface area contributed by atoms with Gasteiger partial charge in [0.2, 0.25) is 6.08 Å². The van der Waals surface area contributed by atoms with Crippen molar-refractivity contribution in [3.63, 3.8) is 0 Å². The number of aliphatic imine (C=N–C) groups is 1. The molecule has 12 heavy (non-hydrogen) atoms. The van der Waals surface area contributed by atoms with Gasteiger partial charge in [0.25, 0.3) is 0 Å². The van der Waals surface area contributed by atoms with E-state index in [0.717, 1.165) is 13.0 Å². The summed E-state index contributed by atoms with van der Waals surface area (Å²) in [5, 5.41) is 3.39. The number of isocyanates is 1. The van der Waals surface area contributed by atoms with Gasteiger partial charge in [0.1, 0.15) is 0 Å². The molecule has 0 bridgehead atoms. The Bertz CT molecular complexity index is 189. The zero-order valence-electron chi connectivity index (χ0n) is 7.12. The van der Waals surface area contributed by atoms with Crippen molar-refractivity contribution in [1.82, 2.24) is 5.32 Å². The van der Waals surface area contributed by atoms with E-state index >= 15 is 0 Å². The molecule has 1 atom stereocenters. The third kappa shape index (κ3) is 3.46. The van der Waals surface area contributed by atoms with Crippen LogP contribution in [0.1, 0.15) is 19.3 Å². The minimum atomic E-state index is 0.468. The molecule has 66 valence electrons. The van der Waals surface area contributed by atoms with Crippen molar-refractivity contribution in [2.75, 3.05) is 13.1 Å². The van der Waals surface area contributed by atoms with Crippen LogP contribution in [0.15, 0.2) is 17.1 Å². The van der Waals surface area contributed by atoms with Crippen LogP contribution in [0.2, 0.25) is 0 Å². The maximum absolute atomic E-state index is 9.69. The van der Waals surface area contributed by atoms with Gasteiger partial charge in [0.05, 0.1) is 6.54 Å². The van der Waals surface area contributed by atoms with Gasteiger partial charge in [-0.3, -0.25) is 0 Å². The van der Waals surface area contributed by atoms with Crippen molar-refractivity contribution >= 4 is 6.08 Å². The van der Waals surface area contributed by atoms with E-state index in [9.17, 15) is 4.79 Å². The van der Waals surface area contributed by atoms with Gasteiger partial charge in [-0.25, -0.2) is 9.79 Å². The molecule has 3 heteroatoms. The van der Waals surface area contributed by atoms with Crippen LogP contribution in [0.25, 0.3) is 0 Å². The summed E-state index contributed by atoms with van der Waals surface area (Å²) in [6.45, 7) is 1.61. The van der Waals surface area contributed by atoms with Crippen molar-refractivity contribution in [2.45, 2.75) is 25.3 Å². The first-order chi connectivity index (χ1) is 5.93. The molecule has 0 aromatic rings. The maximum atomic E-state index is 9.69. The van der Waals surface area contributed by atoms with Crippen LogP contribution in [-0.2, 0) is 4.79 Å². The molecule has 1 aliphatic rings. The van der Waals surface area contributed by atoms with Crippen molar-refractivity contribution < 1.29 is 4.79 Å². The lowest BCUT2D eigenvalue weighted by atomic mass is 10.1. The summed E-state index contributed by atoms with van der Waals surface area (Å²) in [6.07, 6.45) is 9.08. The molecule has 1 N–H and O–H groups in total. The first-order valence-electron chi connectivity index (χ1n) is 4.35. The number of rotatable bonds is 4. The molecule has 3 nitrogen and oxygen atoms in total. The molecule has 1 unspecified atom stereocenters. The topological polar surface area (TPSA) is 41.5 Å². The molecule has 1 rings (SSSR count). The highest BCUT2D eigenvalue weighted by Gasteiger charge is 2.10. The first-order valence-corrected chi connectivity index (χ1v) is 4.35. The van der Waals surface area contributed by atoms with Crippen molar-refractivity contribution in [3.8, 4) is 0 Å². The summed E-state index contributed by atoms with van der Waals surface area (Å²) in [5.74, 6) is 0. The first kappa shape index (κ1) is 9.17. The summed E-state index contributed by atoms with van der Waals surface area (Å²) in [7, 11) is 0. The monoisotopic (exact) mass is 166 g/mol. The summed E-state index contributed by atoms with van der Waals surface area (Å²) in [6, 6.07) is 0.640. The normalized spacial score (nSPS) is 22.8. The van der Waals surface area contributed by atoms with Crippen LogP contribution in [0.3, 0.4) is 0 Å². The molecule has 0 saturated carbocycles. The van der Waals surface area contributed by atoms with Gasteiger partial charge in [-0.15, -0.1) is 0 Å². The highest BCUT2D eigenvalue weighted by atomic mass is 16.1. The molecule has 0 amide bonds. The van der Waals surface area contributed by atoms with Gasteiger partial charge in [0.15, 0.2) is 0 Å². The van der Waals surface area contributed by atoms with Crippen molar-refractivity contribution in [3.05, 3.63) is 12.2 Å². The molecule has 1 aliphatic heterocycles. The van der Waals surface area contributed by atoms with Gasteiger partial charge in [-0.1, -0.05) is 12.2 Å². The van der Waals surface area contributed by atoms with Crippen LogP contribution in [0, 0.1) is 0 Å². The van der Waals surface area contributed by atoms with E-state index in [0.29, 0.717) is 12.6 Å². The second-order valence-electron chi connectivity index (χ2n) is 2.93. The molecular formula is C9H14N2O. The Labute approximate surface area is 72.6 Å². The zero-order valence-corrected chi connectivity index (χ0v) is 7.12. The SMILES string of the molecule is O=C=NC/C=C\CC1CCCN1. The fourth-order valence-corrected chi connectivity index (χ4v) is 1.38. The third-order valence-electron chi connectivity index (χ3n) is 2.01. The summed E-state index contributed by atoms with van der Waals surface area (Å²) < 4.78 is 0. The van der Waals surface area contributed by atoms with Crippen LogP contribution in [0.4, 0.5) is 0 Å². The van der Waals surface area contributed by atoms with E-state index in [-0.39, 0.29) is 0 Å². The molecule has 0 radical (unpaired) electrons. The van der Waals surface area contributed by atoms with Crippen LogP contribution >= 0.6 is 0 Å². The van der Waals surface area contributed by atoms with Crippen molar-refractivity contribution in [1.29, 1.82) is 0 Å². The summed E-state index contributed by atoms with van der Waals surface area (Å²) in [4.78, 5) is 13.1. The quantitative estimate of drug-likeness (QED) is 0.385. The predicted octanol–water partition coefficient (Wildman–Crippen LogP) is 1.02. The smallest absolute Gasteiger partial charge is 0.235 e. The van der Waals surface area contributed by atoms with E-state index in [1.807, 2.05) is 6.08 Å². The Hall–Kier alpha value is -0.920. The predicted molar refractivity (Wildman–Crippen MR) is 47.8 cm³/mol. The van der Waals surface area contributed by atoms with Crippen molar-refractivity contribution in [2.24, 2.45) is 4.99 Å². The van der Waals surface area contributed by atoms with Gasteiger partial charge >= 0.3 is 0 Å². The molecule has 0 spiro atoms. The molecule has 1 fully saturated rings. The Morgan fingerprint density at radius 3 is 3.17 bits per heavy atom. The van der Waals surface area contributed by atoms with Gasteiger partial charge < -0.3 is 5.32 Å². The molecule has 0 aromatic carbocycles. The molecule has 1 heterocycles.